The first kappa shape index (κ1) is 21.0. The number of halogens is 3. The van der Waals surface area contributed by atoms with Crippen LogP contribution in [-0.4, -0.2) is 46.1 Å². The monoisotopic (exact) mass is 429 g/mol. The molecule has 0 amide bonds. The summed E-state index contributed by atoms with van der Waals surface area (Å²) in [6.07, 6.45) is -1.75. The van der Waals surface area contributed by atoms with Crippen molar-refractivity contribution in [1.82, 2.24) is 19.9 Å². The fourth-order valence-electron chi connectivity index (χ4n) is 3.39. The van der Waals surface area contributed by atoms with Crippen LogP contribution in [0.1, 0.15) is 17.5 Å². The molecule has 1 fully saturated rings. The minimum atomic E-state index is -4.58. The first-order valence-corrected chi connectivity index (χ1v) is 9.92. The van der Waals surface area contributed by atoms with Gasteiger partial charge in [-0.1, -0.05) is 30.3 Å². The maximum Gasteiger partial charge on any atom is 0.423 e. The quantitative estimate of drug-likeness (QED) is 0.632. The Morgan fingerprint density at radius 1 is 1.13 bits per heavy atom. The van der Waals surface area contributed by atoms with Crippen molar-refractivity contribution in [1.29, 1.82) is 0 Å². The van der Waals surface area contributed by atoms with E-state index in [1.54, 1.807) is 6.20 Å². The van der Waals surface area contributed by atoms with E-state index in [4.69, 9.17) is 4.74 Å². The number of rotatable bonds is 6. The van der Waals surface area contributed by atoms with Gasteiger partial charge in [0.05, 0.1) is 5.69 Å². The second-order valence-electron chi connectivity index (χ2n) is 7.47. The van der Waals surface area contributed by atoms with Crippen molar-refractivity contribution in [3.63, 3.8) is 0 Å². The molecule has 1 aliphatic heterocycles. The zero-order valence-corrected chi connectivity index (χ0v) is 16.9. The molecule has 0 aliphatic carbocycles. The van der Waals surface area contributed by atoms with Gasteiger partial charge in [0.1, 0.15) is 11.7 Å². The van der Waals surface area contributed by atoms with Crippen LogP contribution in [0.5, 0.6) is 5.88 Å². The van der Waals surface area contributed by atoms with Gasteiger partial charge in [-0.15, -0.1) is 0 Å². The molecule has 9 heteroatoms. The van der Waals surface area contributed by atoms with Crippen LogP contribution in [0.2, 0.25) is 0 Å². The molecule has 1 saturated heterocycles. The number of nitrogens with one attached hydrogen (secondary N) is 1. The standard InChI is InChI=1S/C22H22F3N5O/c1-30-11-9-17(14-30)31-20-18(22(23,24)25)13-28-21(29-20)27-12-15-5-7-16(8-6-15)19-4-2-3-10-26-19/h2-8,10,13,17H,9,11-12,14H2,1H3,(H,27,28,29)/t17-/m0/s1. The van der Waals surface area contributed by atoms with Crippen LogP contribution in [0.15, 0.2) is 54.9 Å². The van der Waals surface area contributed by atoms with E-state index < -0.39 is 17.6 Å². The molecule has 0 saturated carbocycles. The maximum atomic E-state index is 13.4. The van der Waals surface area contributed by atoms with Crippen molar-refractivity contribution in [3.05, 3.63) is 66.0 Å². The molecule has 1 aliphatic rings. The molecule has 0 bridgehead atoms. The third-order valence-corrected chi connectivity index (χ3v) is 5.05. The zero-order valence-electron chi connectivity index (χ0n) is 16.9. The third kappa shape index (κ3) is 5.29. The second-order valence-corrected chi connectivity index (χ2v) is 7.47. The number of nitrogens with zero attached hydrogens (tertiary/aromatic N) is 4. The molecule has 3 heterocycles. The first-order valence-electron chi connectivity index (χ1n) is 9.92. The normalized spacial score (nSPS) is 17.0. The molecular weight excluding hydrogens is 407 g/mol. The Bertz CT molecular complexity index is 1010. The molecule has 1 atom stereocenters. The van der Waals surface area contributed by atoms with Crippen LogP contribution in [-0.2, 0) is 12.7 Å². The van der Waals surface area contributed by atoms with Crippen LogP contribution in [0.3, 0.4) is 0 Å². The van der Waals surface area contributed by atoms with E-state index in [1.807, 2.05) is 54.4 Å². The van der Waals surface area contributed by atoms with Crippen LogP contribution in [0, 0.1) is 0 Å². The molecule has 0 spiro atoms. The van der Waals surface area contributed by atoms with Gasteiger partial charge < -0.3 is 15.0 Å². The van der Waals surface area contributed by atoms with E-state index in [9.17, 15) is 13.2 Å². The summed E-state index contributed by atoms with van der Waals surface area (Å²) in [5.41, 5.74) is 1.81. The Kier molecular flexibility index (Phi) is 6.03. The summed E-state index contributed by atoms with van der Waals surface area (Å²) >= 11 is 0. The van der Waals surface area contributed by atoms with Crippen molar-refractivity contribution in [2.45, 2.75) is 25.2 Å². The van der Waals surface area contributed by atoms with Gasteiger partial charge in [0, 0.05) is 37.6 Å². The van der Waals surface area contributed by atoms with Gasteiger partial charge in [-0.2, -0.15) is 18.2 Å². The van der Waals surface area contributed by atoms with E-state index in [-0.39, 0.29) is 12.1 Å². The summed E-state index contributed by atoms with van der Waals surface area (Å²) in [6, 6.07) is 13.4. The van der Waals surface area contributed by atoms with Crippen LogP contribution in [0.25, 0.3) is 11.3 Å². The summed E-state index contributed by atoms with van der Waals surface area (Å²) in [6.45, 7) is 1.70. The molecule has 162 valence electrons. The molecule has 1 aromatic carbocycles. The highest BCUT2D eigenvalue weighted by Gasteiger charge is 2.37. The Hall–Kier alpha value is -3.20. The summed E-state index contributed by atoms with van der Waals surface area (Å²) in [5.74, 6) is -0.348. The number of likely N-dealkylation sites (tertiary alicyclic amines) is 1. The number of likely N-dealkylation sites (N-methyl/N-ethyl adjacent to an activating group) is 1. The number of hydrogen-bond donors (Lipinski definition) is 1. The lowest BCUT2D eigenvalue weighted by Gasteiger charge is -2.18. The second kappa shape index (κ2) is 8.89. The van der Waals surface area contributed by atoms with Crippen molar-refractivity contribution in [2.24, 2.45) is 0 Å². The minimum absolute atomic E-state index is 0.0863. The SMILES string of the molecule is CN1CC[C@H](Oc2nc(NCc3ccc(-c4ccccn4)cc3)ncc2C(F)(F)F)C1. The third-order valence-electron chi connectivity index (χ3n) is 5.05. The Morgan fingerprint density at radius 2 is 1.94 bits per heavy atom. The number of anilines is 1. The van der Waals surface area contributed by atoms with Crippen molar-refractivity contribution >= 4 is 5.95 Å². The van der Waals surface area contributed by atoms with Crippen LogP contribution < -0.4 is 10.1 Å². The summed E-state index contributed by atoms with van der Waals surface area (Å²) in [4.78, 5) is 14.2. The fourth-order valence-corrected chi connectivity index (χ4v) is 3.39. The number of ether oxygens (including phenoxy) is 1. The molecular formula is C22H22F3N5O. The Balaban J connectivity index is 1.46. The molecule has 4 rings (SSSR count). The lowest BCUT2D eigenvalue weighted by atomic mass is 10.1. The smallest absolute Gasteiger partial charge is 0.423 e. The van der Waals surface area contributed by atoms with Crippen molar-refractivity contribution < 1.29 is 17.9 Å². The largest absolute Gasteiger partial charge is 0.472 e. The first-order chi connectivity index (χ1) is 14.9. The lowest BCUT2D eigenvalue weighted by Crippen LogP contribution is -2.24. The zero-order chi connectivity index (χ0) is 21.8. The molecule has 1 N–H and O–H groups in total. The van der Waals surface area contributed by atoms with Gasteiger partial charge in [0.2, 0.25) is 11.8 Å². The fraction of sp³-hybridized carbons (Fsp3) is 0.318. The van der Waals surface area contributed by atoms with E-state index >= 15 is 0 Å². The van der Waals surface area contributed by atoms with E-state index in [0.717, 1.165) is 29.6 Å². The van der Waals surface area contributed by atoms with Gasteiger partial charge in [0.25, 0.3) is 0 Å². The topological polar surface area (TPSA) is 63.2 Å². The van der Waals surface area contributed by atoms with E-state index in [2.05, 4.69) is 20.3 Å². The van der Waals surface area contributed by atoms with Gasteiger partial charge in [0.15, 0.2) is 0 Å². The predicted octanol–water partition coefficient (Wildman–Crippen LogP) is 4.25. The molecule has 0 radical (unpaired) electrons. The number of aromatic nitrogens is 3. The highest BCUT2D eigenvalue weighted by atomic mass is 19.4. The summed E-state index contributed by atoms with van der Waals surface area (Å²) in [5, 5.41) is 2.98. The van der Waals surface area contributed by atoms with Crippen LogP contribution >= 0.6 is 0 Å². The van der Waals surface area contributed by atoms with E-state index in [1.165, 1.54) is 0 Å². The van der Waals surface area contributed by atoms with Gasteiger partial charge >= 0.3 is 6.18 Å². The molecule has 0 unspecified atom stereocenters. The molecule has 2 aromatic heterocycles. The number of hydrogen-bond acceptors (Lipinski definition) is 6. The number of alkyl halides is 3. The molecule has 31 heavy (non-hydrogen) atoms. The van der Waals surface area contributed by atoms with Crippen molar-refractivity contribution in [2.75, 3.05) is 25.5 Å². The van der Waals surface area contributed by atoms with Crippen LogP contribution in [0.4, 0.5) is 19.1 Å². The summed E-state index contributed by atoms with van der Waals surface area (Å²) in [7, 11) is 1.90. The lowest BCUT2D eigenvalue weighted by molar-refractivity contribution is -0.139. The predicted molar refractivity (Wildman–Crippen MR) is 111 cm³/mol. The Morgan fingerprint density at radius 3 is 2.58 bits per heavy atom. The van der Waals surface area contributed by atoms with E-state index in [0.29, 0.717) is 19.5 Å². The van der Waals surface area contributed by atoms with Gasteiger partial charge in [-0.3, -0.25) is 4.98 Å². The molecule has 3 aromatic rings. The number of benzene rings is 1. The van der Waals surface area contributed by atoms with Gasteiger partial charge in [-0.05, 0) is 31.2 Å². The highest BCUT2D eigenvalue weighted by Crippen LogP contribution is 2.36. The maximum absolute atomic E-state index is 13.4. The minimum Gasteiger partial charge on any atom is -0.472 e. The number of pyridine rings is 1. The average Bonchev–Trinajstić information content (AvgIpc) is 3.17. The Labute approximate surface area is 178 Å². The summed E-state index contributed by atoms with van der Waals surface area (Å²) < 4.78 is 45.7. The average molecular weight is 429 g/mol. The highest BCUT2D eigenvalue weighted by molar-refractivity contribution is 5.59. The molecule has 6 nitrogen and oxygen atoms in total. The van der Waals surface area contributed by atoms with Gasteiger partial charge in [-0.25, -0.2) is 4.98 Å². The van der Waals surface area contributed by atoms with Crippen molar-refractivity contribution in [3.8, 4) is 17.1 Å².